The van der Waals surface area contributed by atoms with Crippen molar-refractivity contribution in [3.05, 3.63) is 0 Å². The monoisotopic (exact) mass is 356 g/mol. The molecule has 1 aliphatic carbocycles. The third-order valence-corrected chi connectivity index (χ3v) is 5.71. The zero-order valence-corrected chi connectivity index (χ0v) is 16.2. The maximum absolute atomic E-state index is 12.2. The fourth-order valence-electron chi connectivity index (χ4n) is 4.32. The summed E-state index contributed by atoms with van der Waals surface area (Å²) in [5.74, 6) is -1.48. The first-order chi connectivity index (χ1) is 11.2. The SMILES string of the molecule is CC(CC[C@H]1[C@](C)(O)CC[C@@]12OC(=O)C[C@@]2(C)O)C(=O)OC(C)(C)C. The molecule has 0 aromatic carbocycles. The summed E-state index contributed by atoms with van der Waals surface area (Å²) in [6.45, 7) is 10.6. The Bertz CT molecular complexity index is 545. The molecule has 2 rings (SSSR count). The van der Waals surface area contributed by atoms with Crippen LogP contribution in [0, 0.1) is 11.8 Å². The van der Waals surface area contributed by atoms with Crippen LogP contribution in [0.4, 0.5) is 0 Å². The highest BCUT2D eigenvalue weighted by atomic mass is 16.6. The normalized spacial score (nSPS) is 39.5. The molecule has 1 heterocycles. The number of aliphatic hydroxyl groups is 2. The summed E-state index contributed by atoms with van der Waals surface area (Å²) in [6.07, 6.45) is 1.76. The molecule has 2 N–H and O–H groups in total. The van der Waals surface area contributed by atoms with E-state index in [0.717, 1.165) is 0 Å². The summed E-state index contributed by atoms with van der Waals surface area (Å²) in [7, 11) is 0. The molecule has 6 nitrogen and oxygen atoms in total. The topological polar surface area (TPSA) is 93.1 Å². The lowest BCUT2D eigenvalue weighted by Crippen LogP contribution is -2.55. The molecule has 2 fully saturated rings. The Hall–Kier alpha value is -1.14. The predicted octanol–water partition coefficient (Wildman–Crippen LogP) is 2.34. The Morgan fingerprint density at radius 3 is 2.40 bits per heavy atom. The van der Waals surface area contributed by atoms with E-state index < -0.39 is 34.3 Å². The Morgan fingerprint density at radius 1 is 1.32 bits per heavy atom. The summed E-state index contributed by atoms with van der Waals surface area (Å²) in [5.41, 5.74) is -4.00. The Balaban J connectivity index is 2.13. The largest absolute Gasteiger partial charge is 0.460 e. The fraction of sp³-hybridized carbons (Fsp3) is 0.895. The van der Waals surface area contributed by atoms with Gasteiger partial charge < -0.3 is 19.7 Å². The van der Waals surface area contributed by atoms with E-state index in [1.165, 1.54) is 0 Å². The van der Waals surface area contributed by atoms with Crippen molar-refractivity contribution in [2.75, 3.05) is 0 Å². The molecule has 1 spiro atoms. The van der Waals surface area contributed by atoms with Crippen molar-refractivity contribution in [3.63, 3.8) is 0 Å². The molecule has 1 aliphatic heterocycles. The number of rotatable bonds is 4. The molecule has 0 radical (unpaired) electrons. The molecule has 1 saturated heterocycles. The first kappa shape index (κ1) is 20.2. The molecular formula is C19H32O6. The van der Waals surface area contributed by atoms with Crippen LogP contribution < -0.4 is 0 Å². The molecule has 25 heavy (non-hydrogen) atoms. The number of carbonyl (C=O) groups excluding carboxylic acids is 2. The first-order valence-electron chi connectivity index (χ1n) is 9.10. The predicted molar refractivity (Wildman–Crippen MR) is 91.7 cm³/mol. The summed E-state index contributed by atoms with van der Waals surface area (Å²) >= 11 is 0. The van der Waals surface area contributed by atoms with Crippen LogP contribution >= 0.6 is 0 Å². The second-order valence-electron chi connectivity index (χ2n) is 9.24. The van der Waals surface area contributed by atoms with Crippen LogP contribution in [0.2, 0.25) is 0 Å². The maximum atomic E-state index is 12.2. The molecule has 0 bridgehead atoms. The van der Waals surface area contributed by atoms with E-state index in [4.69, 9.17) is 9.47 Å². The Labute approximate surface area is 149 Å². The van der Waals surface area contributed by atoms with Crippen LogP contribution in [0.1, 0.15) is 73.6 Å². The fourth-order valence-corrected chi connectivity index (χ4v) is 4.32. The van der Waals surface area contributed by atoms with Gasteiger partial charge >= 0.3 is 11.9 Å². The lowest BCUT2D eigenvalue weighted by Gasteiger charge is -2.42. The molecule has 1 unspecified atom stereocenters. The summed E-state index contributed by atoms with van der Waals surface area (Å²) in [5, 5.41) is 21.6. The lowest BCUT2D eigenvalue weighted by atomic mass is 9.71. The standard InChI is InChI=1S/C19H32O6/c1-12(15(21)25-16(2,3)4)7-8-13-17(5,22)9-10-19(13)18(6,23)11-14(20)24-19/h12-13,22-23H,7-11H2,1-6H3/t12?,13-,17+,18+,19+/m0/s1. The second-order valence-corrected chi connectivity index (χ2v) is 9.24. The summed E-state index contributed by atoms with van der Waals surface area (Å²) in [6, 6.07) is 0. The van der Waals surface area contributed by atoms with Crippen molar-refractivity contribution in [3.8, 4) is 0 Å². The zero-order chi connectivity index (χ0) is 19.3. The van der Waals surface area contributed by atoms with Gasteiger partial charge in [-0.2, -0.15) is 0 Å². The van der Waals surface area contributed by atoms with Gasteiger partial charge in [-0.15, -0.1) is 0 Å². The number of hydrogen-bond donors (Lipinski definition) is 2. The Morgan fingerprint density at radius 2 is 1.92 bits per heavy atom. The van der Waals surface area contributed by atoms with Gasteiger partial charge in [0, 0.05) is 5.92 Å². The van der Waals surface area contributed by atoms with E-state index in [9.17, 15) is 19.8 Å². The smallest absolute Gasteiger partial charge is 0.309 e. The molecule has 1 saturated carbocycles. The highest BCUT2D eigenvalue weighted by Gasteiger charge is 2.68. The van der Waals surface area contributed by atoms with E-state index in [-0.39, 0.29) is 18.3 Å². The summed E-state index contributed by atoms with van der Waals surface area (Å²) < 4.78 is 11.0. The zero-order valence-electron chi connectivity index (χ0n) is 16.2. The van der Waals surface area contributed by atoms with Crippen LogP contribution in [0.15, 0.2) is 0 Å². The minimum Gasteiger partial charge on any atom is -0.460 e. The minimum atomic E-state index is -1.32. The third-order valence-electron chi connectivity index (χ3n) is 5.71. The maximum Gasteiger partial charge on any atom is 0.309 e. The molecule has 0 aromatic rings. The van der Waals surface area contributed by atoms with Crippen molar-refractivity contribution in [1.29, 1.82) is 0 Å². The van der Waals surface area contributed by atoms with Gasteiger partial charge in [-0.25, -0.2) is 0 Å². The number of hydrogen-bond acceptors (Lipinski definition) is 6. The van der Waals surface area contributed by atoms with Crippen molar-refractivity contribution in [1.82, 2.24) is 0 Å². The van der Waals surface area contributed by atoms with Crippen molar-refractivity contribution in [2.24, 2.45) is 11.8 Å². The highest BCUT2D eigenvalue weighted by molar-refractivity contribution is 5.75. The van der Waals surface area contributed by atoms with Crippen LogP contribution in [0.5, 0.6) is 0 Å². The molecule has 0 aromatic heterocycles. The van der Waals surface area contributed by atoms with E-state index in [0.29, 0.717) is 25.7 Å². The van der Waals surface area contributed by atoms with Crippen molar-refractivity contribution >= 4 is 11.9 Å². The van der Waals surface area contributed by atoms with Crippen LogP contribution in [0.3, 0.4) is 0 Å². The lowest BCUT2D eigenvalue weighted by molar-refractivity contribution is -0.176. The Kier molecular flexibility index (Phi) is 5.03. The van der Waals surface area contributed by atoms with Crippen molar-refractivity contribution < 1.29 is 29.3 Å². The van der Waals surface area contributed by atoms with E-state index in [1.54, 1.807) is 20.8 Å². The quantitative estimate of drug-likeness (QED) is 0.751. The van der Waals surface area contributed by atoms with Gasteiger partial charge in [0.15, 0.2) is 0 Å². The summed E-state index contributed by atoms with van der Waals surface area (Å²) in [4.78, 5) is 24.0. The minimum absolute atomic E-state index is 0.0683. The van der Waals surface area contributed by atoms with Crippen LogP contribution in [-0.4, -0.2) is 44.6 Å². The van der Waals surface area contributed by atoms with Gasteiger partial charge in [0.25, 0.3) is 0 Å². The molecule has 0 amide bonds. The molecule has 2 aliphatic rings. The van der Waals surface area contributed by atoms with Gasteiger partial charge in [0.1, 0.15) is 16.8 Å². The van der Waals surface area contributed by atoms with Gasteiger partial charge in [0.2, 0.25) is 0 Å². The molecule has 144 valence electrons. The average molecular weight is 356 g/mol. The average Bonchev–Trinajstić information content (AvgIpc) is 2.79. The second kappa shape index (κ2) is 6.23. The van der Waals surface area contributed by atoms with E-state index >= 15 is 0 Å². The molecular weight excluding hydrogens is 324 g/mol. The first-order valence-corrected chi connectivity index (χ1v) is 9.10. The van der Waals surface area contributed by atoms with Crippen molar-refractivity contribution in [2.45, 2.75) is 96.1 Å². The number of carbonyl (C=O) groups is 2. The van der Waals surface area contributed by atoms with Gasteiger partial charge in [-0.05, 0) is 60.3 Å². The number of esters is 2. The molecule has 5 atom stereocenters. The van der Waals surface area contributed by atoms with E-state index in [1.807, 2.05) is 20.8 Å². The van der Waals surface area contributed by atoms with Gasteiger partial charge in [-0.1, -0.05) is 6.92 Å². The van der Waals surface area contributed by atoms with E-state index in [2.05, 4.69) is 0 Å². The molecule has 6 heteroatoms. The number of ether oxygens (including phenoxy) is 2. The van der Waals surface area contributed by atoms with Crippen LogP contribution in [-0.2, 0) is 19.1 Å². The highest BCUT2D eigenvalue weighted by Crippen LogP contribution is 2.56. The van der Waals surface area contributed by atoms with Gasteiger partial charge in [0.05, 0.1) is 17.9 Å². The van der Waals surface area contributed by atoms with Gasteiger partial charge in [-0.3, -0.25) is 9.59 Å². The third kappa shape index (κ3) is 3.85. The van der Waals surface area contributed by atoms with Crippen LogP contribution in [0.25, 0.3) is 0 Å².